The number of rotatable bonds is 6. The van der Waals surface area contributed by atoms with Crippen molar-refractivity contribution >= 4 is 32.8 Å². The van der Waals surface area contributed by atoms with Crippen LogP contribution in [0.25, 0.3) is 11.0 Å². The normalized spacial score (nSPS) is 14.0. The van der Waals surface area contributed by atoms with Gasteiger partial charge in [0, 0.05) is 6.04 Å². The molecule has 0 aliphatic heterocycles. The number of nitrogens with one attached hydrogen (secondary N) is 1. The summed E-state index contributed by atoms with van der Waals surface area (Å²) in [4.78, 5) is 2.22. The molecule has 20 heavy (non-hydrogen) atoms. The molecule has 0 bridgehead atoms. The highest BCUT2D eigenvalue weighted by Crippen LogP contribution is 2.21. The van der Waals surface area contributed by atoms with Gasteiger partial charge in [0.15, 0.2) is 0 Å². The molecule has 1 atom stereocenters. The van der Waals surface area contributed by atoms with Crippen molar-refractivity contribution in [1.29, 1.82) is 0 Å². The van der Waals surface area contributed by atoms with Crippen LogP contribution in [0.2, 0.25) is 0 Å². The summed E-state index contributed by atoms with van der Waals surface area (Å²) in [5.41, 5.74) is 1.05. The zero-order valence-corrected chi connectivity index (χ0v) is 13.3. The molecule has 0 saturated carbocycles. The first kappa shape index (κ1) is 15.3. The average Bonchev–Trinajstić information content (AvgIpc) is 2.83. The molecule has 1 aromatic carbocycles. The fourth-order valence-electron chi connectivity index (χ4n) is 1.84. The third-order valence-corrected chi connectivity index (χ3v) is 5.07. The molecule has 0 amide bonds. The lowest BCUT2D eigenvalue weighted by molar-refractivity contribution is 0.379. The van der Waals surface area contributed by atoms with Gasteiger partial charge in [-0.25, -0.2) is 13.1 Å². The van der Waals surface area contributed by atoms with Crippen LogP contribution in [-0.4, -0.2) is 48.7 Å². The number of nitrogens with zero attached hydrogens (tertiary/aromatic N) is 3. The molecule has 1 heterocycles. The zero-order chi connectivity index (χ0) is 14.8. The highest BCUT2D eigenvalue weighted by Gasteiger charge is 2.21. The summed E-state index contributed by atoms with van der Waals surface area (Å²) in [7, 11) is 0.354. The third kappa shape index (κ3) is 3.51. The van der Waals surface area contributed by atoms with Crippen molar-refractivity contribution in [2.24, 2.45) is 0 Å². The van der Waals surface area contributed by atoms with Gasteiger partial charge in [0.25, 0.3) is 0 Å². The van der Waals surface area contributed by atoms with Crippen molar-refractivity contribution in [1.82, 2.24) is 18.4 Å². The standard InChI is InChI=1S/C12H18N4O2S2/c1-9(7-8-16(2)3)15-20(17,18)11-6-4-5-10-12(11)14-19-13-10/h4-6,9,15H,7-8H2,1-3H3/t9-/m1/s1. The molecule has 0 spiro atoms. The van der Waals surface area contributed by atoms with Crippen molar-refractivity contribution in [3.05, 3.63) is 18.2 Å². The monoisotopic (exact) mass is 314 g/mol. The van der Waals surface area contributed by atoms with Crippen LogP contribution in [0.1, 0.15) is 13.3 Å². The molecule has 1 N–H and O–H groups in total. The minimum absolute atomic E-state index is 0.135. The largest absolute Gasteiger partial charge is 0.309 e. The van der Waals surface area contributed by atoms with Gasteiger partial charge in [-0.2, -0.15) is 8.75 Å². The maximum absolute atomic E-state index is 12.4. The van der Waals surface area contributed by atoms with Crippen LogP contribution in [0, 0.1) is 0 Å². The van der Waals surface area contributed by atoms with E-state index >= 15 is 0 Å². The van der Waals surface area contributed by atoms with E-state index in [0.717, 1.165) is 24.7 Å². The van der Waals surface area contributed by atoms with E-state index in [4.69, 9.17) is 0 Å². The van der Waals surface area contributed by atoms with Crippen LogP contribution < -0.4 is 4.72 Å². The molecule has 6 nitrogen and oxygen atoms in total. The van der Waals surface area contributed by atoms with E-state index in [9.17, 15) is 8.42 Å². The van der Waals surface area contributed by atoms with E-state index in [2.05, 4.69) is 13.5 Å². The lowest BCUT2D eigenvalue weighted by Gasteiger charge is -2.16. The van der Waals surface area contributed by atoms with Gasteiger partial charge in [0.05, 0.1) is 11.7 Å². The van der Waals surface area contributed by atoms with Crippen molar-refractivity contribution in [2.75, 3.05) is 20.6 Å². The zero-order valence-electron chi connectivity index (χ0n) is 11.7. The van der Waals surface area contributed by atoms with Gasteiger partial charge in [0.1, 0.15) is 15.9 Å². The van der Waals surface area contributed by atoms with E-state index in [0.29, 0.717) is 11.0 Å². The summed E-state index contributed by atoms with van der Waals surface area (Å²) >= 11 is 1.02. The number of hydrogen-bond acceptors (Lipinski definition) is 6. The Bertz CT molecular complexity index is 682. The van der Waals surface area contributed by atoms with Crippen LogP contribution in [0.5, 0.6) is 0 Å². The molecule has 0 aliphatic carbocycles. The summed E-state index contributed by atoms with van der Waals surface area (Å²) in [6, 6.07) is 4.87. The Morgan fingerprint density at radius 1 is 1.35 bits per heavy atom. The topological polar surface area (TPSA) is 75.2 Å². The molecular formula is C12H18N4O2S2. The molecule has 0 fully saturated rings. The summed E-state index contributed by atoms with van der Waals surface area (Å²) in [5, 5.41) is 0. The van der Waals surface area contributed by atoms with E-state index < -0.39 is 10.0 Å². The molecule has 0 saturated heterocycles. The highest BCUT2D eigenvalue weighted by atomic mass is 32.2. The molecule has 2 aromatic rings. The molecular weight excluding hydrogens is 296 g/mol. The Balaban J connectivity index is 2.20. The van der Waals surface area contributed by atoms with E-state index in [1.807, 2.05) is 25.9 Å². The van der Waals surface area contributed by atoms with Crippen molar-refractivity contribution in [3.8, 4) is 0 Å². The molecule has 0 radical (unpaired) electrons. The SMILES string of the molecule is C[C@H](CCN(C)C)NS(=O)(=O)c1cccc2nsnc12. The minimum atomic E-state index is -3.57. The summed E-state index contributed by atoms with van der Waals surface area (Å²) in [6.07, 6.45) is 0.748. The average molecular weight is 314 g/mol. The summed E-state index contributed by atoms with van der Waals surface area (Å²) in [5.74, 6) is 0. The van der Waals surface area contributed by atoms with Gasteiger partial charge in [-0.3, -0.25) is 0 Å². The number of hydrogen-bond donors (Lipinski definition) is 1. The maximum Gasteiger partial charge on any atom is 0.243 e. The van der Waals surface area contributed by atoms with Crippen molar-refractivity contribution < 1.29 is 8.42 Å². The highest BCUT2D eigenvalue weighted by molar-refractivity contribution is 7.89. The predicted molar refractivity (Wildman–Crippen MR) is 80.4 cm³/mol. The Labute approximate surface area is 123 Å². The Hall–Kier alpha value is -1.09. The van der Waals surface area contributed by atoms with Crippen LogP contribution >= 0.6 is 11.7 Å². The van der Waals surface area contributed by atoms with Gasteiger partial charge >= 0.3 is 0 Å². The van der Waals surface area contributed by atoms with E-state index in [-0.39, 0.29) is 10.9 Å². The number of benzene rings is 1. The number of sulfonamides is 1. The molecule has 110 valence electrons. The quantitative estimate of drug-likeness (QED) is 0.870. The first-order valence-electron chi connectivity index (χ1n) is 6.28. The Morgan fingerprint density at radius 2 is 2.10 bits per heavy atom. The van der Waals surface area contributed by atoms with Gasteiger partial charge in [-0.05, 0) is 46.1 Å². The number of fused-ring (bicyclic) bond motifs is 1. The van der Waals surface area contributed by atoms with Gasteiger partial charge < -0.3 is 4.90 Å². The van der Waals surface area contributed by atoms with Crippen LogP contribution in [0.4, 0.5) is 0 Å². The Kier molecular flexibility index (Phi) is 4.69. The smallest absolute Gasteiger partial charge is 0.243 e. The molecule has 1 aromatic heterocycles. The van der Waals surface area contributed by atoms with Crippen molar-refractivity contribution in [2.45, 2.75) is 24.3 Å². The second-order valence-corrected chi connectivity index (χ2v) is 7.21. The minimum Gasteiger partial charge on any atom is -0.309 e. The first-order chi connectivity index (χ1) is 9.40. The van der Waals surface area contributed by atoms with Gasteiger partial charge in [-0.1, -0.05) is 6.07 Å². The lowest BCUT2D eigenvalue weighted by Crippen LogP contribution is -2.34. The first-order valence-corrected chi connectivity index (χ1v) is 8.50. The summed E-state index contributed by atoms with van der Waals surface area (Å²) < 4.78 is 35.6. The predicted octanol–water partition coefficient (Wildman–Crippen LogP) is 1.31. The summed E-state index contributed by atoms with van der Waals surface area (Å²) in [6.45, 7) is 2.69. The fourth-order valence-corrected chi connectivity index (χ4v) is 3.88. The van der Waals surface area contributed by atoms with Crippen LogP contribution in [0.3, 0.4) is 0 Å². The fraction of sp³-hybridized carbons (Fsp3) is 0.500. The van der Waals surface area contributed by atoms with E-state index in [1.165, 1.54) is 0 Å². The Morgan fingerprint density at radius 3 is 2.80 bits per heavy atom. The van der Waals surface area contributed by atoms with Gasteiger partial charge in [0.2, 0.25) is 10.0 Å². The molecule has 0 unspecified atom stereocenters. The van der Waals surface area contributed by atoms with Crippen LogP contribution in [0.15, 0.2) is 23.1 Å². The number of aromatic nitrogens is 2. The maximum atomic E-state index is 12.4. The molecule has 0 aliphatic rings. The molecule has 8 heteroatoms. The third-order valence-electron chi connectivity index (χ3n) is 2.90. The second-order valence-electron chi connectivity index (χ2n) is 5.00. The van der Waals surface area contributed by atoms with Gasteiger partial charge in [-0.15, -0.1) is 0 Å². The van der Waals surface area contributed by atoms with Crippen molar-refractivity contribution in [3.63, 3.8) is 0 Å². The lowest BCUT2D eigenvalue weighted by atomic mass is 10.2. The van der Waals surface area contributed by atoms with E-state index in [1.54, 1.807) is 18.2 Å². The van der Waals surface area contributed by atoms with Crippen LogP contribution in [-0.2, 0) is 10.0 Å². The molecule has 2 rings (SSSR count). The second kappa shape index (κ2) is 6.13.